The molecule has 0 aromatic heterocycles. The molecule has 0 spiro atoms. The summed E-state index contributed by atoms with van der Waals surface area (Å²) in [5.74, 6) is 0.568. The van der Waals surface area contributed by atoms with Crippen molar-refractivity contribution in [2.75, 3.05) is 33.4 Å². The highest BCUT2D eigenvalue weighted by atomic mass is 32.2. The zero-order valence-corrected chi connectivity index (χ0v) is 19.3. The van der Waals surface area contributed by atoms with Gasteiger partial charge in [-0.25, -0.2) is 9.79 Å². The zero-order valence-electron chi connectivity index (χ0n) is 18.5. The quantitative estimate of drug-likeness (QED) is 0.580. The Balaban J connectivity index is 1.61. The van der Waals surface area contributed by atoms with Crippen LogP contribution in [0.15, 0.2) is 46.1 Å². The SMILES string of the molecule is CCOC(=O)C1=C(C)N=C2SC=CN2[C@@H]1c1ccc(OCC(=O)N2CCCC2)c(OC)c1. The first-order valence-electron chi connectivity index (χ1n) is 10.7. The van der Waals surface area contributed by atoms with Crippen LogP contribution in [0.5, 0.6) is 11.5 Å². The number of rotatable bonds is 7. The van der Waals surface area contributed by atoms with Crippen LogP contribution in [0.3, 0.4) is 0 Å². The molecule has 1 amide bonds. The lowest BCUT2D eigenvalue weighted by Gasteiger charge is -2.33. The molecule has 170 valence electrons. The molecule has 4 rings (SSSR count). The van der Waals surface area contributed by atoms with Gasteiger partial charge in [-0.1, -0.05) is 17.8 Å². The number of esters is 1. The molecular formula is C23H27N3O5S. The van der Waals surface area contributed by atoms with Gasteiger partial charge in [0.15, 0.2) is 23.3 Å². The van der Waals surface area contributed by atoms with Crippen LogP contribution in [0.2, 0.25) is 0 Å². The zero-order chi connectivity index (χ0) is 22.7. The predicted octanol–water partition coefficient (Wildman–Crippen LogP) is 3.46. The molecule has 1 aromatic rings. The van der Waals surface area contributed by atoms with Crippen LogP contribution in [-0.2, 0) is 14.3 Å². The Labute approximate surface area is 191 Å². The highest BCUT2D eigenvalue weighted by Gasteiger charge is 2.37. The maximum atomic E-state index is 12.8. The van der Waals surface area contributed by atoms with Gasteiger partial charge in [0.05, 0.1) is 31.0 Å². The van der Waals surface area contributed by atoms with Crippen molar-refractivity contribution in [3.05, 3.63) is 46.6 Å². The fourth-order valence-corrected chi connectivity index (χ4v) is 4.86. The van der Waals surface area contributed by atoms with E-state index in [0.29, 0.717) is 22.8 Å². The van der Waals surface area contributed by atoms with E-state index in [4.69, 9.17) is 14.2 Å². The van der Waals surface area contributed by atoms with E-state index in [1.807, 2.05) is 40.5 Å². The number of carbonyl (C=O) groups is 2. The number of nitrogens with zero attached hydrogens (tertiary/aromatic N) is 3. The molecule has 0 radical (unpaired) electrons. The van der Waals surface area contributed by atoms with E-state index in [0.717, 1.165) is 36.7 Å². The van der Waals surface area contributed by atoms with Gasteiger partial charge < -0.3 is 24.0 Å². The number of amides is 1. The lowest BCUT2D eigenvalue weighted by Crippen LogP contribution is -2.34. The van der Waals surface area contributed by atoms with Gasteiger partial charge in [0, 0.05) is 19.3 Å². The Morgan fingerprint density at radius 2 is 2.00 bits per heavy atom. The topological polar surface area (TPSA) is 80.7 Å². The van der Waals surface area contributed by atoms with Gasteiger partial charge in [-0.05, 0) is 49.8 Å². The Morgan fingerprint density at radius 3 is 2.72 bits per heavy atom. The van der Waals surface area contributed by atoms with E-state index in [1.54, 1.807) is 20.1 Å². The summed E-state index contributed by atoms with van der Waals surface area (Å²) in [6.07, 6.45) is 3.98. The van der Waals surface area contributed by atoms with Crippen LogP contribution >= 0.6 is 11.8 Å². The molecular weight excluding hydrogens is 430 g/mol. The van der Waals surface area contributed by atoms with Crippen molar-refractivity contribution >= 4 is 28.8 Å². The Kier molecular flexibility index (Phi) is 6.74. The van der Waals surface area contributed by atoms with Crippen molar-refractivity contribution in [1.29, 1.82) is 0 Å². The largest absolute Gasteiger partial charge is 0.493 e. The van der Waals surface area contributed by atoms with Crippen molar-refractivity contribution < 1.29 is 23.8 Å². The minimum atomic E-state index is -0.401. The minimum Gasteiger partial charge on any atom is -0.493 e. The third kappa shape index (κ3) is 4.34. The number of allylic oxidation sites excluding steroid dienone is 1. The minimum absolute atomic E-state index is 0.0239. The second-order valence-corrected chi connectivity index (χ2v) is 8.49. The van der Waals surface area contributed by atoms with Crippen molar-refractivity contribution in [3.63, 3.8) is 0 Å². The lowest BCUT2D eigenvalue weighted by molar-refractivity contribution is -0.139. The molecule has 0 unspecified atom stereocenters. The highest BCUT2D eigenvalue weighted by Crippen LogP contribution is 2.43. The Hall–Kier alpha value is -2.94. The van der Waals surface area contributed by atoms with E-state index < -0.39 is 12.0 Å². The Morgan fingerprint density at radius 1 is 1.22 bits per heavy atom. The van der Waals surface area contributed by atoms with E-state index in [9.17, 15) is 9.59 Å². The number of ether oxygens (including phenoxy) is 3. The summed E-state index contributed by atoms with van der Waals surface area (Å²) < 4.78 is 16.7. The second-order valence-electron chi connectivity index (χ2n) is 7.61. The fourth-order valence-electron chi connectivity index (χ4n) is 4.07. The molecule has 3 aliphatic rings. The summed E-state index contributed by atoms with van der Waals surface area (Å²) in [4.78, 5) is 33.5. The average molecular weight is 458 g/mol. The van der Waals surface area contributed by atoms with Crippen LogP contribution in [0.1, 0.15) is 38.3 Å². The van der Waals surface area contributed by atoms with Crippen molar-refractivity contribution in [2.45, 2.75) is 32.7 Å². The summed E-state index contributed by atoms with van der Waals surface area (Å²) in [6.45, 7) is 5.42. The van der Waals surface area contributed by atoms with E-state index >= 15 is 0 Å². The van der Waals surface area contributed by atoms with E-state index in [2.05, 4.69) is 4.99 Å². The van der Waals surface area contributed by atoms with Crippen LogP contribution in [0, 0.1) is 0 Å². The number of thioether (sulfide) groups is 1. The van der Waals surface area contributed by atoms with Crippen LogP contribution in [0.25, 0.3) is 0 Å². The lowest BCUT2D eigenvalue weighted by atomic mass is 9.94. The summed E-state index contributed by atoms with van der Waals surface area (Å²) >= 11 is 1.50. The number of hydrogen-bond acceptors (Lipinski definition) is 8. The van der Waals surface area contributed by atoms with Crippen LogP contribution in [0.4, 0.5) is 0 Å². The molecule has 1 aromatic carbocycles. The van der Waals surface area contributed by atoms with Crippen LogP contribution in [-0.4, -0.2) is 60.3 Å². The number of hydrogen-bond donors (Lipinski definition) is 0. The molecule has 1 saturated heterocycles. The molecule has 0 aliphatic carbocycles. The van der Waals surface area contributed by atoms with E-state index in [-0.39, 0.29) is 19.1 Å². The molecule has 3 heterocycles. The monoisotopic (exact) mass is 457 g/mol. The van der Waals surface area contributed by atoms with Crippen LogP contribution < -0.4 is 9.47 Å². The number of methoxy groups -OCH3 is 1. The summed E-state index contributed by atoms with van der Waals surface area (Å²) in [5, 5.41) is 2.74. The number of amidine groups is 1. The molecule has 32 heavy (non-hydrogen) atoms. The highest BCUT2D eigenvalue weighted by molar-refractivity contribution is 8.16. The number of fused-ring (bicyclic) bond motifs is 1. The maximum absolute atomic E-state index is 12.8. The second kappa shape index (κ2) is 9.68. The number of likely N-dealkylation sites (tertiary alicyclic amines) is 1. The smallest absolute Gasteiger partial charge is 0.338 e. The maximum Gasteiger partial charge on any atom is 0.338 e. The number of carbonyl (C=O) groups excluding carboxylic acids is 2. The number of aliphatic imine (C=N–C) groups is 1. The first-order chi connectivity index (χ1) is 15.5. The third-order valence-electron chi connectivity index (χ3n) is 5.63. The molecule has 1 atom stereocenters. The van der Waals surface area contributed by atoms with Crippen molar-refractivity contribution in [1.82, 2.24) is 9.80 Å². The molecule has 1 fully saturated rings. The molecule has 0 saturated carbocycles. The fraction of sp³-hybridized carbons (Fsp3) is 0.435. The van der Waals surface area contributed by atoms with Crippen molar-refractivity contribution in [2.24, 2.45) is 4.99 Å². The van der Waals surface area contributed by atoms with E-state index in [1.165, 1.54) is 11.8 Å². The molecule has 3 aliphatic heterocycles. The van der Waals surface area contributed by atoms with Gasteiger partial charge in [0.25, 0.3) is 5.91 Å². The van der Waals surface area contributed by atoms with Gasteiger partial charge in [0.1, 0.15) is 0 Å². The molecule has 8 nitrogen and oxygen atoms in total. The van der Waals surface area contributed by atoms with Crippen molar-refractivity contribution in [3.8, 4) is 11.5 Å². The first-order valence-corrected chi connectivity index (χ1v) is 11.6. The van der Waals surface area contributed by atoms with Gasteiger partial charge in [-0.3, -0.25) is 4.79 Å². The molecule has 9 heteroatoms. The van der Waals surface area contributed by atoms with Gasteiger partial charge >= 0.3 is 5.97 Å². The van der Waals surface area contributed by atoms with Gasteiger partial charge in [0.2, 0.25) is 0 Å². The standard InChI is InChI=1S/C23H27N3O5S/c1-4-30-22(28)20-15(2)24-23-26(11-12-32-23)21(20)16-7-8-17(18(13-16)29-3)31-14-19(27)25-9-5-6-10-25/h7-8,11-13,21H,4-6,9-10,14H2,1-3H3/t21-/m1/s1. The summed E-state index contributed by atoms with van der Waals surface area (Å²) in [5.41, 5.74) is 1.95. The third-order valence-corrected chi connectivity index (χ3v) is 6.40. The predicted molar refractivity (Wildman–Crippen MR) is 122 cm³/mol. The number of benzene rings is 1. The van der Waals surface area contributed by atoms with Gasteiger partial charge in [-0.15, -0.1) is 0 Å². The normalized spacial score (nSPS) is 19.7. The summed E-state index contributed by atoms with van der Waals surface area (Å²) in [6, 6.07) is 5.10. The molecule has 0 N–H and O–H groups in total. The average Bonchev–Trinajstić information content (AvgIpc) is 3.48. The van der Waals surface area contributed by atoms with Gasteiger partial charge in [-0.2, -0.15) is 0 Å². The Bertz CT molecular complexity index is 997. The summed E-state index contributed by atoms with van der Waals surface area (Å²) in [7, 11) is 1.56. The molecule has 0 bridgehead atoms. The first kappa shape index (κ1) is 22.3.